The first-order valence-corrected chi connectivity index (χ1v) is 11.6. The molecule has 0 spiro atoms. The zero-order valence-electron chi connectivity index (χ0n) is 17.3. The molecular weight excluding hydrogens is 386 g/mol. The van der Waals surface area contributed by atoms with Gasteiger partial charge in [0, 0.05) is 30.9 Å². The van der Waals surface area contributed by atoms with Crippen molar-refractivity contribution in [1.82, 2.24) is 4.72 Å². The van der Waals surface area contributed by atoms with Gasteiger partial charge in [0.2, 0.25) is 10.0 Å². The van der Waals surface area contributed by atoms with Crippen molar-refractivity contribution in [3.63, 3.8) is 0 Å². The van der Waals surface area contributed by atoms with E-state index in [2.05, 4.69) is 14.9 Å². The molecule has 29 heavy (non-hydrogen) atoms. The third-order valence-electron chi connectivity index (χ3n) is 5.35. The molecule has 3 rings (SSSR count). The Bertz CT molecular complexity index is 996. The summed E-state index contributed by atoms with van der Waals surface area (Å²) in [5, 5.41) is 2.91. The molecule has 1 heterocycles. The van der Waals surface area contributed by atoms with Crippen LogP contribution in [0.5, 0.6) is 0 Å². The number of carbonyl (C=O) groups excluding carboxylic acids is 1. The van der Waals surface area contributed by atoms with Crippen molar-refractivity contribution in [2.75, 3.05) is 29.9 Å². The zero-order valence-corrected chi connectivity index (χ0v) is 18.1. The van der Waals surface area contributed by atoms with Gasteiger partial charge >= 0.3 is 0 Å². The van der Waals surface area contributed by atoms with Crippen molar-refractivity contribution in [3.8, 4) is 0 Å². The van der Waals surface area contributed by atoms with Crippen LogP contribution in [0.15, 0.2) is 41.3 Å². The zero-order chi connectivity index (χ0) is 21.0. The molecule has 6 nitrogen and oxygen atoms in total. The van der Waals surface area contributed by atoms with E-state index in [0.717, 1.165) is 42.7 Å². The molecule has 0 unspecified atom stereocenters. The average Bonchev–Trinajstić information content (AvgIpc) is 3.24. The molecule has 2 aromatic carbocycles. The summed E-state index contributed by atoms with van der Waals surface area (Å²) >= 11 is 0. The molecular formula is C22H29N3O3S. The normalized spacial score (nSPS) is 14.2. The lowest BCUT2D eigenvalue weighted by Crippen LogP contribution is -2.28. The summed E-state index contributed by atoms with van der Waals surface area (Å²) in [5.41, 5.74) is 3.79. The number of rotatable bonds is 7. The maximum atomic E-state index is 12.9. The molecule has 1 saturated heterocycles. The SMILES string of the molecule is CCCNS(=O)(=O)c1cc(C(=O)Nc2cccc(C)c2C)ccc1N1CCCC1. The van der Waals surface area contributed by atoms with Gasteiger partial charge in [0.15, 0.2) is 0 Å². The molecule has 0 saturated carbocycles. The van der Waals surface area contributed by atoms with Crippen molar-refractivity contribution in [2.45, 2.75) is 44.9 Å². The van der Waals surface area contributed by atoms with Crippen molar-refractivity contribution in [1.29, 1.82) is 0 Å². The summed E-state index contributed by atoms with van der Waals surface area (Å²) in [6.45, 7) is 7.86. The Morgan fingerprint density at radius 2 is 1.83 bits per heavy atom. The van der Waals surface area contributed by atoms with E-state index in [1.807, 2.05) is 39.0 Å². The maximum absolute atomic E-state index is 12.9. The second-order valence-electron chi connectivity index (χ2n) is 7.48. The third kappa shape index (κ3) is 4.79. The van der Waals surface area contributed by atoms with E-state index in [1.165, 1.54) is 6.07 Å². The predicted molar refractivity (Wildman–Crippen MR) is 117 cm³/mol. The number of aryl methyl sites for hydroxylation is 1. The summed E-state index contributed by atoms with van der Waals surface area (Å²) in [6, 6.07) is 10.7. The smallest absolute Gasteiger partial charge is 0.255 e. The van der Waals surface area contributed by atoms with Gasteiger partial charge in [-0.15, -0.1) is 0 Å². The van der Waals surface area contributed by atoms with Gasteiger partial charge in [-0.2, -0.15) is 0 Å². The largest absolute Gasteiger partial charge is 0.370 e. The van der Waals surface area contributed by atoms with E-state index in [4.69, 9.17) is 0 Å². The summed E-state index contributed by atoms with van der Waals surface area (Å²) in [7, 11) is -3.71. The Labute approximate surface area is 173 Å². The first kappa shape index (κ1) is 21.3. The molecule has 1 fully saturated rings. The van der Waals surface area contributed by atoms with Gasteiger partial charge in [0.05, 0.1) is 5.69 Å². The summed E-state index contributed by atoms with van der Waals surface area (Å²) in [4.78, 5) is 15.1. The number of amides is 1. The second-order valence-corrected chi connectivity index (χ2v) is 9.21. The molecule has 0 radical (unpaired) electrons. The van der Waals surface area contributed by atoms with E-state index < -0.39 is 10.0 Å². The van der Waals surface area contributed by atoms with Gasteiger partial charge in [-0.05, 0) is 68.5 Å². The van der Waals surface area contributed by atoms with Crippen LogP contribution in [0.1, 0.15) is 47.7 Å². The standard InChI is InChI=1S/C22H29N3O3S/c1-4-12-23-29(27,28)21-15-18(10-11-20(21)25-13-5-6-14-25)22(26)24-19-9-7-8-16(2)17(19)3/h7-11,15,23H,4-6,12-14H2,1-3H3,(H,24,26). The number of nitrogens with zero attached hydrogens (tertiary/aromatic N) is 1. The highest BCUT2D eigenvalue weighted by atomic mass is 32.2. The Balaban J connectivity index is 1.96. The van der Waals surface area contributed by atoms with Gasteiger partial charge in [-0.3, -0.25) is 4.79 Å². The lowest BCUT2D eigenvalue weighted by molar-refractivity contribution is 0.102. The van der Waals surface area contributed by atoms with Crippen molar-refractivity contribution in [2.24, 2.45) is 0 Å². The van der Waals surface area contributed by atoms with Gasteiger partial charge in [-0.1, -0.05) is 19.1 Å². The highest BCUT2D eigenvalue weighted by Gasteiger charge is 2.25. The topological polar surface area (TPSA) is 78.5 Å². The molecule has 0 bridgehead atoms. The van der Waals surface area contributed by atoms with Crippen LogP contribution >= 0.6 is 0 Å². The second kappa shape index (κ2) is 8.97. The van der Waals surface area contributed by atoms with Crippen LogP contribution in [-0.4, -0.2) is 34.0 Å². The van der Waals surface area contributed by atoms with E-state index in [1.54, 1.807) is 12.1 Å². The van der Waals surface area contributed by atoms with Crippen LogP contribution in [0.25, 0.3) is 0 Å². The number of carbonyl (C=O) groups is 1. The first-order chi connectivity index (χ1) is 13.8. The minimum Gasteiger partial charge on any atom is -0.370 e. The van der Waals surface area contributed by atoms with E-state index in [-0.39, 0.29) is 10.8 Å². The molecule has 2 N–H and O–H groups in total. The van der Waals surface area contributed by atoms with Crippen LogP contribution < -0.4 is 14.9 Å². The minimum atomic E-state index is -3.71. The van der Waals surface area contributed by atoms with Crippen LogP contribution in [-0.2, 0) is 10.0 Å². The van der Waals surface area contributed by atoms with Gasteiger partial charge in [0.1, 0.15) is 4.90 Å². The number of sulfonamides is 1. The van der Waals surface area contributed by atoms with Crippen LogP contribution in [0, 0.1) is 13.8 Å². The average molecular weight is 416 g/mol. The summed E-state index contributed by atoms with van der Waals surface area (Å²) in [6.07, 6.45) is 2.78. The number of hydrogen-bond donors (Lipinski definition) is 2. The van der Waals surface area contributed by atoms with E-state index in [9.17, 15) is 13.2 Å². The Morgan fingerprint density at radius 3 is 2.52 bits per heavy atom. The van der Waals surface area contributed by atoms with Crippen molar-refractivity contribution >= 4 is 27.3 Å². The lowest BCUT2D eigenvalue weighted by Gasteiger charge is -2.22. The Hall–Kier alpha value is -2.38. The molecule has 156 valence electrons. The minimum absolute atomic E-state index is 0.168. The number of nitrogens with one attached hydrogen (secondary N) is 2. The number of hydrogen-bond acceptors (Lipinski definition) is 4. The molecule has 7 heteroatoms. The lowest BCUT2D eigenvalue weighted by atomic mass is 10.1. The summed E-state index contributed by atoms with van der Waals surface area (Å²) in [5.74, 6) is -0.321. The monoisotopic (exact) mass is 415 g/mol. The maximum Gasteiger partial charge on any atom is 0.255 e. The van der Waals surface area contributed by atoms with Crippen LogP contribution in [0.2, 0.25) is 0 Å². The van der Waals surface area contributed by atoms with E-state index >= 15 is 0 Å². The van der Waals surface area contributed by atoms with Gasteiger partial charge in [0.25, 0.3) is 5.91 Å². The van der Waals surface area contributed by atoms with Crippen molar-refractivity contribution < 1.29 is 13.2 Å². The fraction of sp³-hybridized carbons (Fsp3) is 0.409. The van der Waals surface area contributed by atoms with Gasteiger partial charge < -0.3 is 10.2 Å². The molecule has 1 aliphatic heterocycles. The summed E-state index contributed by atoms with van der Waals surface area (Å²) < 4.78 is 28.5. The number of anilines is 2. The van der Waals surface area contributed by atoms with Crippen LogP contribution in [0.4, 0.5) is 11.4 Å². The molecule has 1 amide bonds. The molecule has 0 aromatic heterocycles. The third-order valence-corrected chi connectivity index (χ3v) is 6.84. The fourth-order valence-electron chi connectivity index (χ4n) is 3.49. The highest BCUT2D eigenvalue weighted by molar-refractivity contribution is 7.89. The molecule has 1 aliphatic rings. The Kier molecular flexibility index (Phi) is 6.59. The predicted octanol–water partition coefficient (Wildman–Crippen LogP) is 3.84. The van der Waals surface area contributed by atoms with E-state index in [0.29, 0.717) is 24.2 Å². The molecule has 2 aromatic rings. The Morgan fingerprint density at radius 1 is 1.10 bits per heavy atom. The van der Waals surface area contributed by atoms with Gasteiger partial charge in [-0.25, -0.2) is 13.1 Å². The quantitative estimate of drug-likeness (QED) is 0.720. The number of benzene rings is 2. The van der Waals surface area contributed by atoms with Crippen LogP contribution in [0.3, 0.4) is 0 Å². The molecule has 0 aliphatic carbocycles. The first-order valence-electron chi connectivity index (χ1n) is 10.1. The molecule has 0 atom stereocenters. The van der Waals surface area contributed by atoms with Crippen molar-refractivity contribution in [3.05, 3.63) is 53.1 Å². The fourth-order valence-corrected chi connectivity index (χ4v) is 4.87. The highest BCUT2D eigenvalue weighted by Crippen LogP contribution is 2.30.